The number of nitrogens with one attached hydrogen (secondary N) is 2. The van der Waals surface area contributed by atoms with Crippen LogP contribution >= 0.6 is 0 Å². The van der Waals surface area contributed by atoms with Crippen LogP contribution in [0.25, 0.3) is 0 Å². The van der Waals surface area contributed by atoms with Crippen molar-refractivity contribution >= 4 is 21.7 Å². The number of ether oxygens (including phenoxy) is 1. The van der Waals surface area contributed by atoms with Crippen LogP contribution in [-0.4, -0.2) is 46.1 Å². The van der Waals surface area contributed by atoms with Crippen LogP contribution in [0.15, 0.2) is 47.4 Å². The quantitative estimate of drug-likeness (QED) is 0.676. The summed E-state index contributed by atoms with van der Waals surface area (Å²) in [7, 11) is -2.26. The van der Waals surface area contributed by atoms with Crippen molar-refractivity contribution in [2.45, 2.75) is 31.1 Å². The third kappa shape index (κ3) is 5.95. The van der Waals surface area contributed by atoms with Gasteiger partial charge < -0.3 is 15.0 Å². The van der Waals surface area contributed by atoms with E-state index in [-0.39, 0.29) is 22.7 Å². The van der Waals surface area contributed by atoms with Gasteiger partial charge in [0.05, 0.1) is 7.11 Å². The molecule has 2 aromatic carbocycles. The number of hydrogen-bond acceptors (Lipinski definition) is 4. The van der Waals surface area contributed by atoms with Crippen molar-refractivity contribution < 1.29 is 22.3 Å². The molecule has 0 saturated carbocycles. The van der Waals surface area contributed by atoms with Crippen molar-refractivity contribution in [1.29, 1.82) is 0 Å². The van der Waals surface area contributed by atoms with Gasteiger partial charge >= 0.3 is 6.03 Å². The number of sulfonamides is 1. The highest BCUT2D eigenvalue weighted by molar-refractivity contribution is 7.89. The lowest BCUT2D eigenvalue weighted by atomic mass is 9.97. The van der Waals surface area contributed by atoms with E-state index < -0.39 is 10.0 Å². The van der Waals surface area contributed by atoms with Crippen LogP contribution in [0.5, 0.6) is 5.75 Å². The van der Waals surface area contributed by atoms with Crippen LogP contribution in [0, 0.1) is 11.7 Å². The van der Waals surface area contributed by atoms with Gasteiger partial charge in [0.15, 0.2) is 0 Å². The van der Waals surface area contributed by atoms with Crippen molar-refractivity contribution in [3.63, 3.8) is 0 Å². The smallest absolute Gasteiger partial charge is 0.321 e. The van der Waals surface area contributed by atoms with E-state index >= 15 is 0 Å². The van der Waals surface area contributed by atoms with E-state index in [1.807, 2.05) is 13.0 Å². The number of carbonyl (C=O) groups excluding carboxylic acids is 1. The molecule has 2 N–H and O–H groups in total. The zero-order valence-electron chi connectivity index (χ0n) is 17.7. The second-order valence-corrected chi connectivity index (χ2v) is 9.29. The van der Waals surface area contributed by atoms with Crippen molar-refractivity contribution in [1.82, 2.24) is 9.62 Å². The molecule has 0 unspecified atom stereocenters. The molecule has 168 valence electrons. The van der Waals surface area contributed by atoms with E-state index in [4.69, 9.17) is 4.74 Å². The van der Waals surface area contributed by atoms with Crippen LogP contribution in [0.2, 0.25) is 0 Å². The van der Waals surface area contributed by atoms with Crippen molar-refractivity contribution in [3.05, 3.63) is 53.8 Å². The topological polar surface area (TPSA) is 87.7 Å². The molecule has 1 fully saturated rings. The molecular weight excluding hydrogens is 421 g/mol. The van der Waals surface area contributed by atoms with Gasteiger partial charge in [0.1, 0.15) is 16.5 Å². The number of halogens is 1. The first kappa shape index (κ1) is 23.0. The number of nitrogens with zero attached hydrogens (tertiary/aromatic N) is 1. The van der Waals surface area contributed by atoms with E-state index in [0.29, 0.717) is 43.9 Å². The van der Waals surface area contributed by atoms with Crippen molar-refractivity contribution in [3.8, 4) is 5.75 Å². The Hall–Kier alpha value is -2.65. The van der Waals surface area contributed by atoms with Gasteiger partial charge in [-0.05, 0) is 67.1 Å². The predicted molar refractivity (Wildman–Crippen MR) is 117 cm³/mol. The zero-order chi connectivity index (χ0) is 22.4. The van der Waals surface area contributed by atoms with Crippen LogP contribution in [0.1, 0.15) is 25.3 Å². The molecule has 0 atom stereocenters. The number of aryl methyl sites for hydroxylation is 1. The summed E-state index contributed by atoms with van der Waals surface area (Å²) in [6.45, 7) is 3.31. The Morgan fingerprint density at radius 3 is 2.45 bits per heavy atom. The minimum atomic E-state index is -3.71. The van der Waals surface area contributed by atoms with Gasteiger partial charge in [-0.25, -0.2) is 22.3 Å². The number of benzene rings is 2. The number of urea groups is 1. The lowest BCUT2D eigenvalue weighted by Gasteiger charge is -2.32. The number of amides is 2. The highest BCUT2D eigenvalue weighted by atomic mass is 32.2. The summed E-state index contributed by atoms with van der Waals surface area (Å²) < 4.78 is 46.6. The minimum Gasteiger partial charge on any atom is -0.495 e. The summed E-state index contributed by atoms with van der Waals surface area (Å²) in [5.41, 5.74) is 1.45. The van der Waals surface area contributed by atoms with Gasteiger partial charge in [0.2, 0.25) is 10.0 Å². The third-order valence-electron chi connectivity index (χ3n) is 5.49. The fraction of sp³-hybridized carbons (Fsp3) is 0.409. The van der Waals surface area contributed by atoms with Gasteiger partial charge in [-0.3, -0.25) is 0 Å². The molecule has 0 radical (unpaired) electrons. The minimum absolute atomic E-state index is 0.130. The molecule has 0 bridgehead atoms. The Morgan fingerprint density at radius 1 is 1.16 bits per heavy atom. The summed E-state index contributed by atoms with van der Waals surface area (Å²) in [6.07, 6.45) is 2.10. The average Bonchev–Trinajstić information content (AvgIpc) is 2.79. The monoisotopic (exact) mass is 449 g/mol. The van der Waals surface area contributed by atoms with Crippen LogP contribution in [-0.2, 0) is 16.4 Å². The zero-order valence-corrected chi connectivity index (χ0v) is 18.5. The molecule has 2 amide bonds. The fourth-order valence-corrected chi connectivity index (χ4v) is 4.87. The van der Waals surface area contributed by atoms with Crippen LogP contribution in [0.4, 0.5) is 14.9 Å². The van der Waals surface area contributed by atoms with Crippen LogP contribution < -0.4 is 14.8 Å². The summed E-state index contributed by atoms with van der Waals surface area (Å²) in [5.74, 6) is 0.0855. The second-order valence-electron chi connectivity index (χ2n) is 7.56. The molecule has 2 aromatic rings. The normalized spacial score (nSPS) is 15.0. The van der Waals surface area contributed by atoms with Crippen molar-refractivity contribution in [2.75, 3.05) is 32.1 Å². The lowest BCUT2D eigenvalue weighted by molar-refractivity contribution is 0.183. The first-order chi connectivity index (χ1) is 14.8. The maximum atomic E-state index is 13.0. The van der Waals surface area contributed by atoms with E-state index in [0.717, 1.165) is 12.0 Å². The van der Waals surface area contributed by atoms with E-state index in [1.165, 1.54) is 31.4 Å². The number of piperidine rings is 1. The number of carbonyl (C=O) groups is 1. The molecule has 1 aliphatic rings. The van der Waals surface area contributed by atoms with Gasteiger partial charge in [-0.1, -0.05) is 13.0 Å². The standard InChI is InChI=1S/C22H28FN3O4S/c1-3-16-4-9-20(30-2)21(14-16)31(28,29)24-15-17-10-12-26(13-11-17)22(27)25-19-7-5-18(23)6-8-19/h4-9,14,17,24H,3,10-13,15H2,1-2H3,(H,25,27). The van der Waals surface area contributed by atoms with Gasteiger partial charge in [0.25, 0.3) is 0 Å². The van der Waals surface area contributed by atoms with E-state index in [2.05, 4.69) is 10.0 Å². The molecule has 0 aromatic heterocycles. The molecule has 7 nitrogen and oxygen atoms in total. The summed E-state index contributed by atoms with van der Waals surface area (Å²) in [6, 6.07) is 10.5. The number of anilines is 1. The van der Waals surface area contributed by atoms with Gasteiger partial charge in [-0.15, -0.1) is 0 Å². The molecular formula is C22H28FN3O4S. The lowest BCUT2D eigenvalue weighted by Crippen LogP contribution is -2.43. The SMILES string of the molecule is CCc1ccc(OC)c(S(=O)(=O)NCC2CCN(C(=O)Nc3ccc(F)cc3)CC2)c1. The van der Waals surface area contributed by atoms with Gasteiger partial charge in [0, 0.05) is 25.3 Å². The Kier molecular flexibility index (Phi) is 7.50. The molecule has 1 heterocycles. The number of rotatable bonds is 7. The molecule has 1 aliphatic heterocycles. The first-order valence-electron chi connectivity index (χ1n) is 10.3. The Labute approximate surface area is 182 Å². The highest BCUT2D eigenvalue weighted by Crippen LogP contribution is 2.26. The van der Waals surface area contributed by atoms with Crippen molar-refractivity contribution in [2.24, 2.45) is 5.92 Å². The highest BCUT2D eigenvalue weighted by Gasteiger charge is 2.26. The maximum Gasteiger partial charge on any atom is 0.321 e. The molecule has 1 saturated heterocycles. The third-order valence-corrected chi connectivity index (χ3v) is 6.93. The number of likely N-dealkylation sites (tertiary alicyclic amines) is 1. The molecule has 31 heavy (non-hydrogen) atoms. The summed E-state index contributed by atoms with van der Waals surface area (Å²) >= 11 is 0. The molecule has 9 heteroatoms. The molecule has 0 aliphatic carbocycles. The molecule has 0 spiro atoms. The number of hydrogen-bond donors (Lipinski definition) is 2. The molecule has 3 rings (SSSR count). The maximum absolute atomic E-state index is 13.0. The fourth-order valence-electron chi connectivity index (χ4n) is 3.53. The van der Waals surface area contributed by atoms with E-state index in [1.54, 1.807) is 17.0 Å². The number of methoxy groups -OCH3 is 1. The largest absolute Gasteiger partial charge is 0.495 e. The summed E-state index contributed by atoms with van der Waals surface area (Å²) in [4.78, 5) is 14.2. The Bertz CT molecular complexity index is 1000. The Balaban J connectivity index is 1.53. The van der Waals surface area contributed by atoms with Gasteiger partial charge in [-0.2, -0.15) is 0 Å². The Morgan fingerprint density at radius 2 is 1.84 bits per heavy atom. The summed E-state index contributed by atoms with van der Waals surface area (Å²) in [5, 5.41) is 2.75. The van der Waals surface area contributed by atoms with Crippen LogP contribution in [0.3, 0.4) is 0 Å². The second kappa shape index (κ2) is 10.1. The average molecular weight is 450 g/mol. The van der Waals surface area contributed by atoms with E-state index in [9.17, 15) is 17.6 Å². The predicted octanol–water partition coefficient (Wildman–Crippen LogP) is 3.62. The first-order valence-corrected chi connectivity index (χ1v) is 11.8.